The number of unbranched alkanes of at least 4 members (excludes halogenated alkanes) is 2. The van der Waals surface area contributed by atoms with Gasteiger partial charge >= 0.3 is 0 Å². The van der Waals surface area contributed by atoms with Crippen molar-refractivity contribution in [1.29, 1.82) is 0 Å². The van der Waals surface area contributed by atoms with Crippen molar-refractivity contribution < 1.29 is 0 Å². The minimum Gasteiger partial charge on any atom is -0.357 e. The van der Waals surface area contributed by atoms with Crippen molar-refractivity contribution in [3.8, 4) is 0 Å². The van der Waals surface area contributed by atoms with Crippen LogP contribution in [0.2, 0.25) is 0 Å². The van der Waals surface area contributed by atoms with Crippen molar-refractivity contribution in [2.75, 3.05) is 19.6 Å². The van der Waals surface area contributed by atoms with E-state index in [1.807, 2.05) is 0 Å². The maximum Gasteiger partial charge on any atom is 0.191 e. The highest BCUT2D eigenvalue weighted by Gasteiger charge is 2.19. The molecule has 1 aliphatic rings. The summed E-state index contributed by atoms with van der Waals surface area (Å²) < 4.78 is 0. The Morgan fingerprint density at radius 2 is 1.89 bits per heavy atom. The van der Waals surface area contributed by atoms with E-state index in [2.05, 4.69) is 29.5 Å². The van der Waals surface area contributed by atoms with Crippen LogP contribution in [-0.2, 0) is 0 Å². The van der Waals surface area contributed by atoms with Gasteiger partial charge in [0.15, 0.2) is 5.96 Å². The maximum atomic E-state index is 4.61. The Labute approximate surface area is 130 Å². The zero-order valence-corrected chi connectivity index (χ0v) is 14.3. The van der Waals surface area contributed by atoms with Gasteiger partial charge in [0.2, 0.25) is 0 Å². The monoisotopic (exact) mass is 367 g/mol. The average molecular weight is 367 g/mol. The number of aliphatic imine (C=N–C) groups is 1. The van der Waals surface area contributed by atoms with Gasteiger partial charge < -0.3 is 10.6 Å². The van der Waals surface area contributed by atoms with E-state index < -0.39 is 0 Å². The fraction of sp³-hybridized carbons (Fsp3) is 0.929. The molecule has 0 spiro atoms. The first kappa shape index (κ1) is 18.0. The van der Waals surface area contributed by atoms with E-state index in [9.17, 15) is 0 Å². The summed E-state index contributed by atoms with van der Waals surface area (Å²) in [5.74, 6) is 2.03. The summed E-state index contributed by atoms with van der Waals surface area (Å²) in [7, 11) is 0. The van der Waals surface area contributed by atoms with E-state index in [1.165, 1.54) is 44.9 Å². The molecule has 0 amide bonds. The third kappa shape index (κ3) is 9.97. The first-order valence-electron chi connectivity index (χ1n) is 7.39. The van der Waals surface area contributed by atoms with Gasteiger partial charge in [0.25, 0.3) is 0 Å². The zero-order chi connectivity index (χ0) is 12.3. The van der Waals surface area contributed by atoms with Gasteiger partial charge in [0.05, 0.1) is 0 Å². The van der Waals surface area contributed by atoms with Crippen LogP contribution in [0.15, 0.2) is 4.99 Å². The molecule has 0 aromatic heterocycles. The number of hydrogen-bond donors (Lipinski definition) is 2. The third-order valence-electron chi connectivity index (χ3n) is 3.15. The van der Waals surface area contributed by atoms with Gasteiger partial charge in [0.1, 0.15) is 0 Å². The van der Waals surface area contributed by atoms with Crippen LogP contribution in [-0.4, -0.2) is 25.6 Å². The molecule has 1 fully saturated rings. The lowest BCUT2D eigenvalue weighted by Gasteiger charge is -2.10. The van der Waals surface area contributed by atoms with Crippen molar-refractivity contribution in [1.82, 2.24) is 10.6 Å². The van der Waals surface area contributed by atoms with E-state index in [0.717, 1.165) is 31.5 Å². The van der Waals surface area contributed by atoms with Crippen molar-refractivity contribution in [3.05, 3.63) is 0 Å². The molecular weight excluding hydrogens is 337 g/mol. The predicted molar refractivity (Wildman–Crippen MR) is 90.9 cm³/mol. The molecule has 4 heteroatoms. The second kappa shape index (κ2) is 12.1. The van der Waals surface area contributed by atoms with Gasteiger partial charge in [-0.2, -0.15) is 0 Å². The highest BCUT2D eigenvalue weighted by Crippen LogP contribution is 2.33. The van der Waals surface area contributed by atoms with Crippen molar-refractivity contribution >= 4 is 29.9 Å². The summed E-state index contributed by atoms with van der Waals surface area (Å²) in [5, 5.41) is 6.70. The Balaban J connectivity index is 0.00000289. The molecule has 1 rings (SSSR count). The van der Waals surface area contributed by atoms with E-state index in [1.54, 1.807) is 0 Å². The van der Waals surface area contributed by atoms with Crippen LogP contribution in [0, 0.1) is 5.92 Å². The molecule has 1 aliphatic carbocycles. The Kier molecular flexibility index (Phi) is 12.1. The van der Waals surface area contributed by atoms with Crippen LogP contribution in [0.1, 0.15) is 58.8 Å². The molecule has 0 radical (unpaired) electrons. The highest BCUT2D eigenvalue weighted by molar-refractivity contribution is 14.0. The highest BCUT2D eigenvalue weighted by atomic mass is 127. The predicted octanol–water partition coefficient (Wildman–Crippen LogP) is 3.54. The van der Waals surface area contributed by atoms with Gasteiger partial charge in [-0.1, -0.05) is 32.6 Å². The van der Waals surface area contributed by atoms with Gasteiger partial charge in [-0.3, -0.25) is 4.99 Å². The largest absolute Gasteiger partial charge is 0.357 e. The fourth-order valence-corrected chi connectivity index (χ4v) is 1.90. The SMILES string of the molecule is CCCCCNC(=NCCCC1CC1)NCC.I. The summed E-state index contributed by atoms with van der Waals surface area (Å²) in [6.07, 6.45) is 9.35. The Hall–Kier alpha value is 0. The zero-order valence-electron chi connectivity index (χ0n) is 12.0. The summed E-state index contributed by atoms with van der Waals surface area (Å²) in [6.45, 7) is 7.31. The molecule has 0 aliphatic heterocycles. The molecule has 1 saturated carbocycles. The molecule has 0 heterocycles. The summed E-state index contributed by atoms with van der Waals surface area (Å²) in [5.41, 5.74) is 0. The quantitative estimate of drug-likeness (QED) is 0.283. The molecule has 108 valence electrons. The Morgan fingerprint density at radius 1 is 1.11 bits per heavy atom. The molecule has 0 aromatic carbocycles. The van der Waals surface area contributed by atoms with Gasteiger partial charge in [-0.05, 0) is 32.1 Å². The van der Waals surface area contributed by atoms with E-state index in [4.69, 9.17) is 0 Å². The van der Waals surface area contributed by atoms with Crippen LogP contribution in [0.5, 0.6) is 0 Å². The van der Waals surface area contributed by atoms with Crippen LogP contribution < -0.4 is 10.6 Å². The average Bonchev–Trinajstić information content (AvgIpc) is 3.14. The van der Waals surface area contributed by atoms with Crippen molar-refractivity contribution in [3.63, 3.8) is 0 Å². The number of nitrogens with one attached hydrogen (secondary N) is 2. The van der Waals surface area contributed by atoms with Gasteiger partial charge in [-0.15, -0.1) is 24.0 Å². The van der Waals surface area contributed by atoms with Crippen LogP contribution in [0.4, 0.5) is 0 Å². The van der Waals surface area contributed by atoms with Crippen LogP contribution >= 0.6 is 24.0 Å². The summed E-state index contributed by atoms with van der Waals surface area (Å²) in [4.78, 5) is 4.61. The Bertz CT molecular complexity index is 215. The Morgan fingerprint density at radius 3 is 2.50 bits per heavy atom. The second-order valence-corrected chi connectivity index (χ2v) is 4.98. The van der Waals surface area contributed by atoms with E-state index in [0.29, 0.717) is 0 Å². The summed E-state index contributed by atoms with van der Waals surface area (Å²) >= 11 is 0. The second-order valence-electron chi connectivity index (χ2n) is 4.98. The van der Waals surface area contributed by atoms with Crippen molar-refractivity contribution in [2.24, 2.45) is 10.9 Å². The molecule has 0 unspecified atom stereocenters. The third-order valence-corrected chi connectivity index (χ3v) is 3.15. The molecule has 2 N–H and O–H groups in total. The molecule has 18 heavy (non-hydrogen) atoms. The first-order valence-corrected chi connectivity index (χ1v) is 7.39. The lowest BCUT2D eigenvalue weighted by molar-refractivity contribution is 0.662. The summed E-state index contributed by atoms with van der Waals surface area (Å²) in [6, 6.07) is 0. The van der Waals surface area contributed by atoms with E-state index in [-0.39, 0.29) is 24.0 Å². The van der Waals surface area contributed by atoms with Gasteiger partial charge in [0, 0.05) is 19.6 Å². The number of guanidine groups is 1. The van der Waals surface area contributed by atoms with E-state index >= 15 is 0 Å². The lowest BCUT2D eigenvalue weighted by atomic mass is 10.2. The minimum atomic E-state index is 0. The molecular formula is C14H30IN3. The molecule has 0 bridgehead atoms. The minimum absolute atomic E-state index is 0. The molecule has 0 aromatic rings. The molecule has 0 saturated heterocycles. The fourth-order valence-electron chi connectivity index (χ4n) is 1.90. The smallest absolute Gasteiger partial charge is 0.191 e. The lowest BCUT2D eigenvalue weighted by Crippen LogP contribution is -2.37. The first-order chi connectivity index (χ1) is 8.36. The number of rotatable bonds is 9. The van der Waals surface area contributed by atoms with Crippen LogP contribution in [0.3, 0.4) is 0 Å². The number of halogens is 1. The van der Waals surface area contributed by atoms with Crippen molar-refractivity contribution in [2.45, 2.75) is 58.8 Å². The van der Waals surface area contributed by atoms with Gasteiger partial charge in [-0.25, -0.2) is 0 Å². The standard InChI is InChI=1S/C14H29N3.HI/c1-3-5-6-11-16-14(15-4-2)17-12-7-8-13-9-10-13;/h13H,3-12H2,1-2H3,(H2,15,16,17);1H. The van der Waals surface area contributed by atoms with Crippen LogP contribution in [0.25, 0.3) is 0 Å². The normalized spacial score (nSPS) is 15.1. The number of nitrogens with zero attached hydrogens (tertiary/aromatic N) is 1. The molecule has 0 atom stereocenters. The topological polar surface area (TPSA) is 36.4 Å². The molecule has 3 nitrogen and oxygen atoms in total. The maximum absolute atomic E-state index is 4.61. The number of hydrogen-bond acceptors (Lipinski definition) is 1.